The lowest BCUT2D eigenvalue weighted by Crippen LogP contribution is -2.51. The number of carbonyl (C=O) groups excluding carboxylic acids is 4. The van der Waals surface area contributed by atoms with Crippen molar-refractivity contribution >= 4 is 45.9 Å². The number of methoxy groups -OCH3 is 2. The van der Waals surface area contributed by atoms with Gasteiger partial charge in [0, 0.05) is 47.0 Å². The van der Waals surface area contributed by atoms with Crippen molar-refractivity contribution in [3.8, 4) is 22.4 Å². The Hall–Kier alpha value is -5.92. The molecule has 2 fully saturated rings. The summed E-state index contributed by atoms with van der Waals surface area (Å²) in [6, 6.07) is 16.7. The van der Waals surface area contributed by atoms with Crippen LogP contribution in [0.5, 0.6) is 0 Å². The van der Waals surface area contributed by atoms with Gasteiger partial charge >= 0.3 is 12.2 Å². The van der Waals surface area contributed by atoms with Crippen LogP contribution in [0.1, 0.15) is 77.0 Å². The zero-order valence-corrected chi connectivity index (χ0v) is 32.7. The molecule has 4 amide bonds. The molecule has 2 aromatic carbocycles. The van der Waals surface area contributed by atoms with E-state index in [4.69, 9.17) is 19.4 Å². The number of carbonyl (C=O) groups is 4. The highest BCUT2D eigenvalue weighted by molar-refractivity contribution is 5.89. The number of hydrogen-bond donors (Lipinski definition) is 4. The zero-order chi connectivity index (χ0) is 39.7. The summed E-state index contributed by atoms with van der Waals surface area (Å²) >= 11 is 0. The predicted octanol–water partition coefficient (Wildman–Crippen LogP) is 6.86. The van der Waals surface area contributed by atoms with Gasteiger partial charge in [-0.2, -0.15) is 0 Å². The van der Waals surface area contributed by atoms with E-state index in [1.54, 1.807) is 0 Å². The third-order valence-electron chi connectivity index (χ3n) is 11.1. The Morgan fingerprint density at radius 1 is 0.714 bits per heavy atom. The van der Waals surface area contributed by atoms with Crippen molar-refractivity contribution in [1.82, 2.24) is 40.4 Å². The van der Waals surface area contributed by atoms with E-state index >= 15 is 0 Å². The number of ether oxygens (including phenoxy) is 2. The van der Waals surface area contributed by atoms with Crippen LogP contribution in [-0.4, -0.2) is 93.1 Å². The number of imidazole rings is 1. The number of fused-ring (bicyclic) bond motifs is 2. The standard InChI is InChI=1S/C42H50N8O6/c1-23(2)36(47-41(53)55-5)39(51)49-17-7-9-34(49)33-21-28-19-26(12-15-30(28)44-33)29-14-13-27(22-43-29)25-11-16-31-32(20-25)46-38(45-31)35-10-8-18-50(35)40(52)37(24(3)4)48-42(54)56-6/h11-16,19-24,34-37,44H,7-10,17-18H2,1-6H3,(H,45,46)(H,47,53)(H,48,54)/t34-,35-,36-,37-/m0/s1. The topological polar surface area (TPSA) is 175 Å². The summed E-state index contributed by atoms with van der Waals surface area (Å²) in [4.78, 5) is 71.6. The van der Waals surface area contributed by atoms with Crippen molar-refractivity contribution in [3.63, 3.8) is 0 Å². The highest BCUT2D eigenvalue weighted by Gasteiger charge is 2.38. The van der Waals surface area contributed by atoms with Gasteiger partial charge in [0.1, 0.15) is 17.9 Å². The molecule has 2 aliphatic rings. The van der Waals surface area contributed by atoms with Gasteiger partial charge < -0.3 is 39.9 Å². The van der Waals surface area contributed by atoms with Gasteiger partial charge in [0.2, 0.25) is 11.8 Å². The Bertz CT molecular complexity index is 2090. The van der Waals surface area contributed by atoms with Crippen molar-refractivity contribution in [2.75, 3.05) is 27.3 Å². The molecule has 3 aromatic heterocycles. The Kier molecular flexibility index (Phi) is 11.0. The van der Waals surface area contributed by atoms with Crippen molar-refractivity contribution < 1.29 is 28.7 Å². The Labute approximate surface area is 325 Å². The third-order valence-corrected chi connectivity index (χ3v) is 11.1. The van der Waals surface area contributed by atoms with Crippen LogP contribution in [0.2, 0.25) is 0 Å². The minimum atomic E-state index is -0.695. The summed E-state index contributed by atoms with van der Waals surface area (Å²) in [5, 5.41) is 6.45. The molecule has 5 aromatic rings. The van der Waals surface area contributed by atoms with Crippen LogP contribution in [0, 0.1) is 11.8 Å². The number of nitrogens with zero attached hydrogens (tertiary/aromatic N) is 4. The van der Waals surface area contributed by atoms with E-state index in [2.05, 4.69) is 44.9 Å². The number of aromatic amines is 2. The molecule has 0 spiro atoms. The lowest BCUT2D eigenvalue weighted by atomic mass is 10.0. The molecule has 56 heavy (non-hydrogen) atoms. The highest BCUT2D eigenvalue weighted by atomic mass is 16.5. The maximum Gasteiger partial charge on any atom is 0.407 e. The number of benzene rings is 2. The molecule has 0 bridgehead atoms. The van der Waals surface area contributed by atoms with E-state index in [9.17, 15) is 19.2 Å². The van der Waals surface area contributed by atoms with Crippen LogP contribution in [0.25, 0.3) is 44.3 Å². The molecular formula is C42H50N8O6. The molecule has 4 N–H and O–H groups in total. The second kappa shape index (κ2) is 16.0. The summed E-state index contributed by atoms with van der Waals surface area (Å²) in [6.07, 6.45) is 3.95. The number of aromatic nitrogens is 4. The van der Waals surface area contributed by atoms with Crippen LogP contribution in [0.3, 0.4) is 0 Å². The van der Waals surface area contributed by atoms with Crippen LogP contribution < -0.4 is 10.6 Å². The molecule has 294 valence electrons. The number of H-pyrrole nitrogens is 2. The molecule has 4 atom stereocenters. The summed E-state index contributed by atoms with van der Waals surface area (Å²) in [5.74, 6) is 0.266. The lowest BCUT2D eigenvalue weighted by Gasteiger charge is -2.30. The van der Waals surface area contributed by atoms with Gasteiger partial charge in [0.05, 0.1) is 43.0 Å². The van der Waals surface area contributed by atoms with E-state index in [-0.39, 0.29) is 35.7 Å². The minimum absolute atomic E-state index is 0.0947. The normalized spacial score (nSPS) is 18.1. The van der Waals surface area contributed by atoms with Crippen LogP contribution >= 0.6 is 0 Å². The van der Waals surface area contributed by atoms with E-state index in [0.717, 1.165) is 81.5 Å². The number of rotatable bonds is 10. The number of hydrogen-bond acceptors (Lipinski definition) is 8. The van der Waals surface area contributed by atoms with E-state index in [1.165, 1.54) is 14.2 Å². The van der Waals surface area contributed by atoms with Crippen LogP contribution in [0.4, 0.5) is 9.59 Å². The molecule has 14 heteroatoms. The van der Waals surface area contributed by atoms with Crippen molar-refractivity contribution in [3.05, 3.63) is 72.3 Å². The fourth-order valence-electron chi connectivity index (χ4n) is 8.02. The lowest BCUT2D eigenvalue weighted by molar-refractivity contribution is -0.136. The van der Waals surface area contributed by atoms with E-state index in [0.29, 0.717) is 13.1 Å². The molecule has 2 saturated heterocycles. The van der Waals surface area contributed by atoms with Crippen LogP contribution in [0.15, 0.2) is 60.8 Å². The number of nitrogens with one attached hydrogen (secondary N) is 4. The average Bonchev–Trinajstić information content (AvgIpc) is 4.03. The maximum absolute atomic E-state index is 13.6. The number of alkyl carbamates (subject to hydrolysis) is 2. The van der Waals surface area contributed by atoms with Gasteiger partial charge in [-0.25, -0.2) is 14.6 Å². The Morgan fingerprint density at radius 3 is 1.93 bits per heavy atom. The second-order valence-electron chi connectivity index (χ2n) is 15.4. The number of likely N-dealkylation sites (tertiary alicyclic amines) is 2. The summed E-state index contributed by atoms with van der Waals surface area (Å²) < 4.78 is 9.54. The minimum Gasteiger partial charge on any atom is -0.453 e. The molecule has 0 saturated carbocycles. The molecule has 14 nitrogen and oxygen atoms in total. The Balaban J connectivity index is 1.06. The fraction of sp³-hybridized carbons (Fsp3) is 0.429. The predicted molar refractivity (Wildman–Crippen MR) is 212 cm³/mol. The molecule has 5 heterocycles. The SMILES string of the molecule is COC(=O)N[C@H](C(=O)N1CCC[C@H]1c1cc2cc(-c3ccc(-c4ccc5nc([C@@H]6CCCN6C(=O)[C@@H](NC(=O)OC)C(C)C)[nH]c5c4)cn3)ccc2[nH]1)C(C)C. The number of amides is 4. The first-order chi connectivity index (χ1) is 26.9. The first-order valence-electron chi connectivity index (χ1n) is 19.3. The maximum atomic E-state index is 13.6. The third kappa shape index (κ3) is 7.64. The van der Waals surface area contributed by atoms with Crippen molar-refractivity contribution in [1.29, 1.82) is 0 Å². The molecule has 0 unspecified atom stereocenters. The summed E-state index contributed by atoms with van der Waals surface area (Å²) in [6.45, 7) is 8.84. The fourth-order valence-corrected chi connectivity index (χ4v) is 8.02. The van der Waals surface area contributed by atoms with Gasteiger partial charge in [-0.3, -0.25) is 14.6 Å². The van der Waals surface area contributed by atoms with Gasteiger partial charge in [-0.15, -0.1) is 0 Å². The zero-order valence-electron chi connectivity index (χ0n) is 32.7. The largest absolute Gasteiger partial charge is 0.453 e. The van der Waals surface area contributed by atoms with E-state index < -0.39 is 24.3 Å². The monoisotopic (exact) mass is 762 g/mol. The molecule has 0 aliphatic carbocycles. The van der Waals surface area contributed by atoms with Crippen LogP contribution in [-0.2, 0) is 19.1 Å². The summed E-state index contributed by atoms with van der Waals surface area (Å²) in [5.41, 5.74) is 7.36. The van der Waals surface area contributed by atoms with Gasteiger partial charge in [0.15, 0.2) is 0 Å². The molecular weight excluding hydrogens is 713 g/mol. The first kappa shape index (κ1) is 38.4. The molecule has 7 rings (SSSR count). The molecule has 0 radical (unpaired) electrons. The average molecular weight is 763 g/mol. The number of pyridine rings is 1. The van der Waals surface area contributed by atoms with Gasteiger partial charge in [0.25, 0.3) is 0 Å². The summed E-state index contributed by atoms with van der Waals surface area (Å²) in [7, 11) is 2.59. The van der Waals surface area contributed by atoms with Gasteiger partial charge in [-0.1, -0.05) is 45.9 Å². The quantitative estimate of drug-likeness (QED) is 0.119. The van der Waals surface area contributed by atoms with Gasteiger partial charge in [-0.05, 0) is 79.5 Å². The van der Waals surface area contributed by atoms with Crippen molar-refractivity contribution in [2.45, 2.75) is 77.5 Å². The first-order valence-corrected chi connectivity index (χ1v) is 19.3. The second-order valence-corrected chi connectivity index (χ2v) is 15.4. The smallest absolute Gasteiger partial charge is 0.407 e. The highest BCUT2D eigenvalue weighted by Crippen LogP contribution is 2.36. The Morgan fingerprint density at radius 2 is 1.32 bits per heavy atom. The van der Waals surface area contributed by atoms with E-state index in [1.807, 2.05) is 74.0 Å². The molecule has 2 aliphatic heterocycles. The van der Waals surface area contributed by atoms with Crippen molar-refractivity contribution in [2.24, 2.45) is 11.8 Å².